The first-order valence-electron chi connectivity index (χ1n) is 9.46. The van der Waals surface area contributed by atoms with Crippen LogP contribution in [0.4, 0.5) is 0 Å². The molecule has 0 aliphatic rings. The molecule has 2 aromatic rings. The second-order valence-electron chi connectivity index (χ2n) is 6.67. The Kier molecular flexibility index (Phi) is 11.2. The van der Waals surface area contributed by atoms with Gasteiger partial charge < -0.3 is 9.84 Å². The van der Waals surface area contributed by atoms with Gasteiger partial charge in [-0.05, 0) is 42.7 Å². The Morgan fingerprint density at radius 3 is 2.18 bits per heavy atom. The Labute approximate surface area is 190 Å². The minimum Gasteiger partial charge on any atom is -0.871 e. The van der Waals surface area contributed by atoms with Crippen molar-refractivity contribution in [2.75, 3.05) is 0 Å². The monoisotopic (exact) mass is 414 g/mol. The van der Waals surface area contributed by atoms with E-state index in [1.54, 1.807) is 12.1 Å². The van der Waals surface area contributed by atoms with E-state index in [1.807, 2.05) is 18.2 Å². The first kappa shape index (κ1) is 25.0. The fraction of sp³-hybridized carbons (Fsp3) is 0.429. The Bertz CT molecular complexity index is 822. The van der Waals surface area contributed by atoms with E-state index in [4.69, 9.17) is 4.74 Å². The zero-order valence-electron chi connectivity index (χ0n) is 16.7. The van der Waals surface area contributed by atoms with Crippen LogP contribution < -0.4 is 39.4 Å². The first-order valence-corrected chi connectivity index (χ1v) is 10.9. The summed E-state index contributed by atoms with van der Waals surface area (Å²) in [7, 11) is -4.56. The van der Waals surface area contributed by atoms with E-state index in [0.29, 0.717) is 23.5 Å². The average Bonchev–Trinajstić information content (AvgIpc) is 2.62. The van der Waals surface area contributed by atoms with Crippen LogP contribution in [0.15, 0.2) is 47.4 Å². The van der Waals surface area contributed by atoms with Crippen molar-refractivity contribution in [1.29, 1.82) is 0 Å². The Morgan fingerprint density at radius 1 is 0.964 bits per heavy atom. The van der Waals surface area contributed by atoms with Gasteiger partial charge in [0.1, 0.15) is 11.5 Å². The maximum absolute atomic E-state index is 12.1. The Hall–Kier alpha value is -1.05. The van der Waals surface area contributed by atoms with Gasteiger partial charge in [-0.3, -0.25) is 4.55 Å². The Morgan fingerprint density at radius 2 is 1.57 bits per heavy atom. The summed E-state index contributed by atoms with van der Waals surface area (Å²) in [6, 6.07) is 11.4. The summed E-state index contributed by atoms with van der Waals surface area (Å²) in [5, 5.41) is 12.1. The average molecular weight is 414 g/mol. The van der Waals surface area contributed by atoms with Crippen molar-refractivity contribution < 1.29 is 52.4 Å². The van der Waals surface area contributed by atoms with Crippen LogP contribution in [0.3, 0.4) is 0 Å². The summed E-state index contributed by atoms with van der Waals surface area (Å²) in [5.41, 5.74) is 0.611. The summed E-state index contributed by atoms with van der Waals surface area (Å²) in [5.74, 6) is 0.133. The van der Waals surface area contributed by atoms with Crippen LogP contribution in [0.25, 0.3) is 0 Å². The van der Waals surface area contributed by atoms with Crippen molar-refractivity contribution in [3.05, 3.63) is 48.0 Å². The zero-order chi connectivity index (χ0) is 19.7. The molecule has 0 unspecified atom stereocenters. The minimum absolute atomic E-state index is 0. The molecule has 0 aromatic heterocycles. The smallest absolute Gasteiger partial charge is 0.871 e. The van der Waals surface area contributed by atoms with Gasteiger partial charge in [-0.1, -0.05) is 69.4 Å². The van der Waals surface area contributed by atoms with Gasteiger partial charge in [0.05, 0.1) is 4.90 Å². The molecule has 0 bridgehead atoms. The van der Waals surface area contributed by atoms with Crippen molar-refractivity contribution in [2.45, 2.75) is 63.2 Å². The molecule has 0 atom stereocenters. The summed E-state index contributed by atoms with van der Waals surface area (Å²) >= 11 is 0. The number of ether oxygens (including phenoxy) is 1. The predicted molar refractivity (Wildman–Crippen MR) is 104 cm³/mol. The van der Waals surface area contributed by atoms with Crippen LogP contribution in [-0.2, 0) is 16.5 Å². The molecule has 0 aliphatic heterocycles. The molecule has 5 nitrogen and oxygen atoms in total. The van der Waals surface area contributed by atoms with Crippen LogP contribution in [0.2, 0.25) is 0 Å². The number of aryl methyl sites for hydroxylation is 1. The quantitative estimate of drug-likeness (QED) is 0.346. The van der Waals surface area contributed by atoms with E-state index < -0.39 is 20.8 Å². The van der Waals surface area contributed by atoms with E-state index in [-0.39, 0.29) is 29.6 Å². The van der Waals surface area contributed by atoms with E-state index >= 15 is 0 Å². The van der Waals surface area contributed by atoms with E-state index in [1.165, 1.54) is 31.7 Å². The summed E-state index contributed by atoms with van der Waals surface area (Å²) in [6.07, 6.45) is 8.47. The molecule has 0 amide bonds. The molecule has 2 rings (SSSR count). The molecule has 7 heteroatoms. The van der Waals surface area contributed by atoms with Crippen LogP contribution >= 0.6 is 0 Å². The van der Waals surface area contributed by atoms with E-state index in [9.17, 15) is 18.1 Å². The SMILES string of the molecule is CCCCCCCCCc1cc(S(=O)(=O)O)c([O-])cc1Oc1ccccc1.[Na+]. The summed E-state index contributed by atoms with van der Waals surface area (Å²) < 4.78 is 38.0. The van der Waals surface area contributed by atoms with Crippen molar-refractivity contribution in [2.24, 2.45) is 0 Å². The van der Waals surface area contributed by atoms with Crippen LogP contribution in [0, 0.1) is 0 Å². The largest absolute Gasteiger partial charge is 1.00 e. The van der Waals surface area contributed by atoms with Gasteiger partial charge in [-0.15, -0.1) is 0 Å². The first-order chi connectivity index (χ1) is 12.9. The van der Waals surface area contributed by atoms with E-state index in [0.717, 1.165) is 25.3 Å². The maximum Gasteiger partial charge on any atom is 1.00 e. The van der Waals surface area contributed by atoms with Gasteiger partial charge in [-0.25, -0.2) is 0 Å². The van der Waals surface area contributed by atoms with Crippen molar-refractivity contribution in [3.8, 4) is 17.2 Å². The third-order valence-corrected chi connectivity index (χ3v) is 5.30. The molecule has 0 radical (unpaired) electrons. The van der Waals surface area contributed by atoms with Crippen LogP contribution in [0.1, 0.15) is 57.4 Å². The number of hydrogen-bond donors (Lipinski definition) is 1. The summed E-state index contributed by atoms with van der Waals surface area (Å²) in [6.45, 7) is 2.18. The van der Waals surface area contributed by atoms with Crippen molar-refractivity contribution >= 4 is 10.1 Å². The molecule has 1 N–H and O–H groups in total. The number of para-hydroxylation sites is 1. The maximum atomic E-state index is 12.1. The standard InChI is InChI=1S/C21H28O5S.Na/c1-2-3-4-5-6-7-9-12-17-15-21(27(23,24)25)19(22)16-20(17)26-18-13-10-8-11-14-18;/h8,10-11,13-16,22H,2-7,9,12H2,1H3,(H,23,24,25);/q;+1/p-1. The van der Waals surface area contributed by atoms with E-state index in [2.05, 4.69) is 6.92 Å². The third kappa shape index (κ3) is 8.13. The molecule has 0 aliphatic carbocycles. The molecular weight excluding hydrogens is 387 g/mol. The van der Waals surface area contributed by atoms with Gasteiger partial charge in [-0.2, -0.15) is 8.42 Å². The van der Waals surface area contributed by atoms with Crippen molar-refractivity contribution in [1.82, 2.24) is 0 Å². The Balaban J connectivity index is 0.00000392. The van der Waals surface area contributed by atoms with Crippen LogP contribution in [0.5, 0.6) is 17.2 Å². The van der Waals surface area contributed by atoms with Crippen LogP contribution in [-0.4, -0.2) is 13.0 Å². The van der Waals surface area contributed by atoms with Gasteiger partial charge in [0.25, 0.3) is 10.1 Å². The second kappa shape index (κ2) is 12.5. The normalized spacial score (nSPS) is 11.1. The molecular formula is C21H27NaO5S. The number of rotatable bonds is 11. The second-order valence-corrected chi connectivity index (χ2v) is 8.06. The molecule has 28 heavy (non-hydrogen) atoms. The fourth-order valence-corrected chi connectivity index (χ4v) is 3.57. The number of unbranched alkanes of at least 4 members (excludes halogenated alkanes) is 6. The van der Waals surface area contributed by atoms with Gasteiger partial charge in [0.2, 0.25) is 0 Å². The van der Waals surface area contributed by atoms with Gasteiger partial charge >= 0.3 is 29.6 Å². The minimum atomic E-state index is -4.56. The summed E-state index contributed by atoms with van der Waals surface area (Å²) in [4.78, 5) is -0.596. The number of hydrogen-bond acceptors (Lipinski definition) is 4. The fourth-order valence-electron chi connectivity index (χ4n) is 2.96. The van der Waals surface area contributed by atoms with Gasteiger partial charge in [0, 0.05) is 0 Å². The van der Waals surface area contributed by atoms with Gasteiger partial charge in [0.15, 0.2) is 0 Å². The third-order valence-electron chi connectivity index (χ3n) is 4.43. The molecule has 0 spiro atoms. The molecule has 0 heterocycles. The molecule has 148 valence electrons. The predicted octanol–water partition coefficient (Wildman–Crippen LogP) is 2.10. The van der Waals surface area contributed by atoms with Crippen molar-refractivity contribution in [3.63, 3.8) is 0 Å². The topological polar surface area (TPSA) is 86.7 Å². The molecule has 0 saturated carbocycles. The zero-order valence-corrected chi connectivity index (χ0v) is 19.5. The number of benzene rings is 2. The molecule has 2 aromatic carbocycles. The molecule has 0 saturated heterocycles. The molecule has 0 fully saturated rings.